The number of imidazole rings is 1. The fourth-order valence-corrected chi connectivity index (χ4v) is 4.39. The average Bonchev–Trinajstić information content (AvgIpc) is 3.30. The lowest BCUT2D eigenvalue weighted by Gasteiger charge is -2.09. The third-order valence-electron chi connectivity index (χ3n) is 4.50. The molecule has 8 heteroatoms. The van der Waals surface area contributed by atoms with Crippen LogP contribution in [0.4, 0.5) is 0 Å². The molecule has 0 aliphatic carbocycles. The maximum Gasteiger partial charge on any atom is 0.236 e. The summed E-state index contributed by atoms with van der Waals surface area (Å²) in [6.07, 6.45) is 3.75. The Bertz CT molecular complexity index is 1010. The Morgan fingerprint density at radius 3 is 3.00 bits per heavy atom. The molecule has 7 nitrogen and oxygen atoms in total. The van der Waals surface area contributed by atoms with Gasteiger partial charge in [-0.05, 0) is 18.6 Å². The van der Waals surface area contributed by atoms with E-state index in [-0.39, 0.29) is 0 Å². The van der Waals surface area contributed by atoms with E-state index in [1.165, 1.54) is 5.52 Å². The minimum atomic E-state index is 0.389. The van der Waals surface area contributed by atoms with Crippen molar-refractivity contribution in [3.63, 3.8) is 0 Å². The van der Waals surface area contributed by atoms with E-state index in [1.54, 1.807) is 18.1 Å². The summed E-state index contributed by atoms with van der Waals surface area (Å²) in [5.74, 6) is 2.90. The molecule has 1 aliphatic heterocycles. The Balaban J connectivity index is 1.51. The minimum Gasteiger partial charge on any atom is -0.311 e. The molecule has 4 aromatic rings. The number of aryl methyl sites for hydroxylation is 2. The van der Waals surface area contributed by atoms with Crippen molar-refractivity contribution in [2.75, 3.05) is 5.75 Å². The molecular formula is C15H15N7S. The number of nitrogens with zero attached hydrogens (tertiary/aromatic N) is 7. The predicted octanol–water partition coefficient (Wildman–Crippen LogP) is 2.09. The Hall–Kier alpha value is -2.35. The van der Waals surface area contributed by atoms with Crippen LogP contribution in [0, 0.1) is 0 Å². The van der Waals surface area contributed by atoms with Gasteiger partial charge in [-0.15, -0.1) is 10.2 Å². The summed E-state index contributed by atoms with van der Waals surface area (Å²) in [7, 11) is 2.03. The van der Waals surface area contributed by atoms with Crippen molar-refractivity contribution < 1.29 is 0 Å². The highest BCUT2D eigenvalue weighted by Gasteiger charge is 2.25. The number of hydrogen-bond acceptors (Lipinski definition) is 5. The Kier molecular flexibility index (Phi) is 2.75. The highest BCUT2D eigenvalue weighted by atomic mass is 32.2. The van der Waals surface area contributed by atoms with Crippen LogP contribution in [-0.4, -0.2) is 39.7 Å². The molecule has 3 aromatic heterocycles. The summed E-state index contributed by atoms with van der Waals surface area (Å²) >= 11 is 1.74. The Labute approximate surface area is 136 Å². The normalized spacial score (nSPS) is 17.3. The lowest BCUT2D eigenvalue weighted by molar-refractivity contribution is 0.529. The van der Waals surface area contributed by atoms with Crippen molar-refractivity contribution in [1.82, 2.24) is 33.9 Å². The molecule has 1 atom stereocenters. The third kappa shape index (κ3) is 1.84. The number of benzene rings is 1. The van der Waals surface area contributed by atoms with Gasteiger partial charge in [0.2, 0.25) is 5.78 Å². The standard InChI is InChI=1S/C15H15N7S/c1-20-11-4-2-3-5-12(11)21-14(20)18-19-15(21)23-8-10-6-7-13-16-9-17-22(10)13/h2-5,9-10H,6-8H2,1H3. The van der Waals surface area contributed by atoms with Crippen LogP contribution < -0.4 is 0 Å². The SMILES string of the molecule is Cn1c2ccccc2n2c(SCC3CCc4ncnn43)nnc12. The Morgan fingerprint density at radius 2 is 2.09 bits per heavy atom. The lowest BCUT2D eigenvalue weighted by atomic mass is 10.2. The minimum absolute atomic E-state index is 0.389. The van der Waals surface area contributed by atoms with Gasteiger partial charge in [0, 0.05) is 19.2 Å². The third-order valence-corrected chi connectivity index (χ3v) is 5.57. The van der Waals surface area contributed by atoms with Crippen molar-refractivity contribution in [3.05, 3.63) is 36.4 Å². The first kappa shape index (κ1) is 13.1. The van der Waals surface area contributed by atoms with E-state index in [2.05, 4.69) is 47.4 Å². The van der Waals surface area contributed by atoms with Gasteiger partial charge in [-0.3, -0.25) is 4.40 Å². The Morgan fingerprint density at radius 1 is 1.22 bits per heavy atom. The molecule has 1 aromatic carbocycles. The molecule has 0 radical (unpaired) electrons. The van der Waals surface area contributed by atoms with Gasteiger partial charge in [0.1, 0.15) is 12.2 Å². The largest absolute Gasteiger partial charge is 0.311 e. The number of rotatable bonds is 3. The van der Waals surface area contributed by atoms with Crippen LogP contribution in [0.25, 0.3) is 16.8 Å². The molecule has 23 heavy (non-hydrogen) atoms. The van der Waals surface area contributed by atoms with Crippen LogP contribution in [0.1, 0.15) is 18.3 Å². The summed E-state index contributed by atoms with van der Waals surface area (Å²) in [6, 6.07) is 8.71. The number of fused-ring (bicyclic) bond motifs is 4. The van der Waals surface area contributed by atoms with E-state index in [4.69, 9.17) is 0 Å². The van der Waals surface area contributed by atoms with E-state index in [1.807, 2.05) is 17.8 Å². The molecule has 0 saturated heterocycles. The number of aromatic nitrogens is 7. The number of hydrogen-bond donors (Lipinski definition) is 0. The molecule has 0 saturated carbocycles. The second-order valence-corrected chi connectivity index (χ2v) is 6.78. The van der Waals surface area contributed by atoms with E-state index in [0.29, 0.717) is 6.04 Å². The van der Waals surface area contributed by atoms with Crippen LogP contribution in [0.2, 0.25) is 0 Å². The van der Waals surface area contributed by atoms with Gasteiger partial charge >= 0.3 is 0 Å². The highest BCUT2D eigenvalue weighted by molar-refractivity contribution is 7.99. The van der Waals surface area contributed by atoms with Crippen molar-refractivity contribution in [2.24, 2.45) is 7.05 Å². The quantitative estimate of drug-likeness (QED) is 0.540. The summed E-state index contributed by atoms with van der Waals surface area (Å²) < 4.78 is 6.27. The zero-order valence-corrected chi connectivity index (χ0v) is 13.4. The van der Waals surface area contributed by atoms with Crippen molar-refractivity contribution in [1.29, 1.82) is 0 Å². The number of para-hydroxylation sites is 2. The molecule has 1 aliphatic rings. The monoisotopic (exact) mass is 325 g/mol. The van der Waals surface area contributed by atoms with Gasteiger partial charge in [0.05, 0.1) is 17.1 Å². The lowest BCUT2D eigenvalue weighted by Crippen LogP contribution is -2.08. The van der Waals surface area contributed by atoms with Gasteiger partial charge in [0.15, 0.2) is 5.16 Å². The maximum atomic E-state index is 4.38. The van der Waals surface area contributed by atoms with Crippen LogP contribution in [-0.2, 0) is 13.5 Å². The zero-order chi connectivity index (χ0) is 15.4. The fourth-order valence-electron chi connectivity index (χ4n) is 3.33. The fraction of sp³-hybridized carbons (Fsp3) is 0.333. The average molecular weight is 325 g/mol. The van der Waals surface area contributed by atoms with Gasteiger partial charge in [-0.2, -0.15) is 5.10 Å². The maximum absolute atomic E-state index is 4.38. The summed E-state index contributed by atoms with van der Waals surface area (Å²) in [5, 5.41) is 14.0. The van der Waals surface area contributed by atoms with Crippen molar-refractivity contribution >= 4 is 28.6 Å². The first-order valence-electron chi connectivity index (χ1n) is 7.62. The van der Waals surface area contributed by atoms with Gasteiger partial charge in [-0.1, -0.05) is 23.9 Å². The highest BCUT2D eigenvalue weighted by Crippen LogP contribution is 2.31. The van der Waals surface area contributed by atoms with Crippen LogP contribution in [0.3, 0.4) is 0 Å². The van der Waals surface area contributed by atoms with Crippen LogP contribution >= 0.6 is 11.8 Å². The molecule has 0 N–H and O–H groups in total. The molecule has 4 heterocycles. The van der Waals surface area contributed by atoms with Crippen LogP contribution in [0.15, 0.2) is 35.7 Å². The zero-order valence-electron chi connectivity index (χ0n) is 12.6. The van der Waals surface area contributed by atoms with Crippen molar-refractivity contribution in [2.45, 2.75) is 24.0 Å². The second kappa shape index (κ2) is 4.82. The molecule has 5 rings (SSSR count). The first-order chi connectivity index (χ1) is 11.3. The molecule has 0 spiro atoms. The topological polar surface area (TPSA) is 65.8 Å². The second-order valence-electron chi connectivity index (χ2n) is 5.79. The number of thioether (sulfide) groups is 1. The summed E-state index contributed by atoms with van der Waals surface area (Å²) in [5.41, 5.74) is 2.31. The van der Waals surface area contributed by atoms with Gasteiger partial charge in [0.25, 0.3) is 0 Å². The predicted molar refractivity (Wildman–Crippen MR) is 87.6 cm³/mol. The summed E-state index contributed by atoms with van der Waals surface area (Å²) in [4.78, 5) is 4.29. The summed E-state index contributed by atoms with van der Waals surface area (Å²) in [6.45, 7) is 0. The first-order valence-corrected chi connectivity index (χ1v) is 8.61. The molecule has 0 fully saturated rings. The molecule has 1 unspecified atom stereocenters. The molecule has 0 amide bonds. The molecular weight excluding hydrogens is 310 g/mol. The van der Waals surface area contributed by atoms with E-state index >= 15 is 0 Å². The van der Waals surface area contributed by atoms with Gasteiger partial charge in [-0.25, -0.2) is 9.67 Å². The molecule has 116 valence electrons. The van der Waals surface area contributed by atoms with E-state index < -0.39 is 0 Å². The molecule has 0 bridgehead atoms. The van der Waals surface area contributed by atoms with Gasteiger partial charge < -0.3 is 4.57 Å². The smallest absolute Gasteiger partial charge is 0.236 e. The van der Waals surface area contributed by atoms with Crippen molar-refractivity contribution in [3.8, 4) is 0 Å². The van der Waals surface area contributed by atoms with E-state index in [9.17, 15) is 0 Å². The van der Waals surface area contributed by atoms with E-state index in [0.717, 1.165) is 40.9 Å². The van der Waals surface area contributed by atoms with Crippen LogP contribution in [0.5, 0.6) is 0 Å².